The number of nitrogens with one attached hydrogen (secondary N) is 2. The molecule has 0 aromatic carbocycles. The summed E-state index contributed by atoms with van der Waals surface area (Å²) in [7, 11) is -17.1. The summed E-state index contributed by atoms with van der Waals surface area (Å²) in [6.45, 7) is 2.27. The fraction of sp³-hybridized carbons (Fsp3) is 0.769. The minimum Gasteiger partial charge on any atom is -0.756 e. The van der Waals surface area contributed by atoms with E-state index >= 15 is 0 Å². The highest BCUT2D eigenvalue weighted by Gasteiger charge is 2.49. The van der Waals surface area contributed by atoms with E-state index in [1.54, 1.807) is 0 Å². The molecule has 1 aliphatic rings. The van der Waals surface area contributed by atoms with E-state index < -0.39 is 84.6 Å². The topological polar surface area (TPSA) is 386 Å². The number of aromatic nitrogens is 4. The second kappa shape index (κ2) is 28.9. The van der Waals surface area contributed by atoms with Gasteiger partial charge in [0.2, 0.25) is 11.8 Å². The Bertz CT molecular complexity index is 2080. The van der Waals surface area contributed by atoms with Crippen LogP contribution in [0.4, 0.5) is 5.82 Å². The van der Waals surface area contributed by atoms with E-state index in [0.717, 1.165) is 54.7 Å². The quantitative estimate of drug-likeness (QED) is 0.0296. The number of phosphoric ester groups is 3. The molecular weight excluding hydrogens is 979 g/mol. The lowest BCUT2D eigenvalue weighted by Gasteiger charge is -2.35. The molecule has 1 aliphatic heterocycles. The van der Waals surface area contributed by atoms with Crippen molar-refractivity contribution in [3.8, 4) is 0 Å². The molecule has 8 N–H and O–H groups in total. The highest BCUT2D eigenvalue weighted by Crippen LogP contribution is 2.56. The number of aliphatic hydroxyl groups is 2. The van der Waals surface area contributed by atoms with E-state index in [-0.39, 0.29) is 59.6 Å². The number of ether oxygens (including phenoxy) is 1. The van der Waals surface area contributed by atoms with Crippen LogP contribution in [0, 0.1) is 5.41 Å². The van der Waals surface area contributed by atoms with Crippen LogP contribution < -0.4 is 26.2 Å². The molecule has 0 spiro atoms. The van der Waals surface area contributed by atoms with Crippen molar-refractivity contribution in [2.75, 3.05) is 37.8 Å². The van der Waals surface area contributed by atoms with Gasteiger partial charge in [-0.2, -0.15) is 0 Å². The van der Waals surface area contributed by atoms with E-state index in [2.05, 4.69) is 50.4 Å². The number of hydrogen-bond donors (Lipinski definition) is 7. The van der Waals surface area contributed by atoms with Gasteiger partial charge in [0.25, 0.3) is 15.6 Å². The molecule has 1 saturated heterocycles. The second-order valence-corrected chi connectivity index (χ2v) is 22.3. The lowest BCUT2D eigenvalue weighted by atomic mass is 9.87. The van der Waals surface area contributed by atoms with Gasteiger partial charge in [0.05, 0.1) is 26.0 Å². The maximum absolute atomic E-state index is 12.6. The van der Waals surface area contributed by atoms with Crippen molar-refractivity contribution in [2.45, 2.75) is 154 Å². The van der Waals surface area contributed by atoms with Crippen molar-refractivity contribution in [2.24, 2.45) is 5.41 Å². The molecule has 3 rings (SSSR count). The monoisotopic (exact) mass is 1050 g/mol. The summed E-state index contributed by atoms with van der Waals surface area (Å²) in [6.07, 6.45) is 8.45. The van der Waals surface area contributed by atoms with Gasteiger partial charge in [0.15, 0.2) is 22.8 Å². The molecule has 7 atom stereocenters. The largest absolute Gasteiger partial charge is 0.756 e. The number of Topliss-reactive ketones (excluding diaryl/α,β-unsaturated/α-hetero) is 1. The number of hydrogen-bond acceptors (Lipinski definition) is 21. The van der Waals surface area contributed by atoms with Crippen LogP contribution in [0.2, 0.25) is 0 Å². The van der Waals surface area contributed by atoms with Gasteiger partial charge in [0, 0.05) is 37.1 Å². The van der Waals surface area contributed by atoms with Crippen LogP contribution in [-0.2, 0) is 55.5 Å². The number of anilines is 1. The van der Waals surface area contributed by atoms with Gasteiger partial charge in [-0.1, -0.05) is 110 Å². The van der Waals surface area contributed by atoms with Gasteiger partial charge in [-0.3, -0.25) is 37.4 Å². The molecule has 2 unspecified atom stereocenters. The molecule has 29 heteroatoms. The Hall–Kier alpha value is -2.77. The number of imidazole rings is 1. The summed E-state index contributed by atoms with van der Waals surface area (Å²) in [5, 5.41) is 26.1. The Morgan fingerprint density at radius 1 is 0.897 bits per heavy atom. The van der Waals surface area contributed by atoms with Crippen LogP contribution in [0.15, 0.2) is 12.7 Å². The number of nitrogen functional groups attached to an aromatic ring is 1. The zero-order valence-corrected chi connectivity index (χ0v) is 42.0. The third kappa shape index (κ3) is 21.7. The Kier molecular flexibility index (Phi) is 25.3. The van der Waals surface area contributed by atoms with Crippen LogP contribution in [0.5, 0.6) is 0 Å². The van der Waals surface area contributed by atoms with E-state index in [1.807, 2.05) is 0 Å². The van der Waals surface area contributed by atoms with Crippen LogP contribution in [-0.4, -0.2) is 119 Å². The fourth-order valence-corrected chi connectivity index (χ4v) is 10.4. The van der Waals surface area contributed by atoms with E-state index in [9.17, 15) is 62.7 Å². The standard InChI is InChI=1S/C39H68N7O18P3S/c1-4-5-6-7-8-9-10-11-12-13-14-15-16-17-27(47)22-30(49)68-21-20-41-29(48)18-19-42-37(52)34(51)39(2,3)24-61-67(58,59)64-66(56,57)60-23-28-33(63-65(53,54)55)32(50)38(62-28)46-26-45-31-35(40)43-25-44-36(31)46/h25-26,28,32-34,38,50-51H,4-24H2,1-3H3,(H,41,48)(H,42,52)(H,56,57)(H,58,59)(H2,40,43,44)(H2,53,54,55)/p-2/t28-,32-,33-,34+,38-/m1/s1. The van der Waals surface area contributed by atoms with E-state index in [1.165, 1.54) is 71.6 Å². The Morgan fingerprint density at radius 2 is 1.50 bits per heavy atom. The molecule has 0 bridgehead atoms. The zero-order valence-electron chi connectivity index (χ0n) is 38.5. The number of rotatable bonds is 35. The van der Waals surface area contributed by atoms with Gasteiger partial charge >= 0.3 is 7.82 Å². The number of aliphatic hydroxyl groups excluding tert-OH is 2. The third-order valence-electron chi connectivity index (χ3n) is 10.6. The molecule has 0 aliphatic carbocycles. The van der Waals surface area contributed by atoms with Crippen molar-refractivity contribution in [3.63, 3.8) is 0 Å². The summed E-state index contributed by atoms with van der Waals surface area (Å²) in [4.78, 5) is 105. The maximum atomic E-state index is 12.6. The highest BCUT2D eigenvalue weighted by atomic mass is 32.2. The number of nitrogens with two attached hydrogens (primary N) is 1. The fourth-order valence-electron chi connectivity index (χ4n) is 6.92. The second-order valence-electron chi connectivity index (χ2n) is 17.0. The van der Waals surface area contributed by atoms with Crippen molar-refractivity contribution < 1.29 is 85.3 Å². The first-order valence-electron chi connectivity index (χ1n) is 22.5. The number of carbonyl (C=O) groups excluding carboxylic acids is 4. The molecule has 2 amide bonds. The Labute approximate surface area is 399 Å². The predicted octanol–water partition coefficient (Wildman–Crippen LogP) is 2.84. The highest BCUT2D eigenvalue weighted by molar-refractivity contribution is 8.13. The van der Waals surface area contributed by atoms with E-state index in [0.29, 0.717) is 6.42 Å². The first-order chi connectivity index (χ1) is 31.9. The molecule has 2 aromatic rings. The molecular formula is C39H66N7O18P3S-2. The summed E-state index contributed by atoms with van der Waals surface area (Å²) in [5.41, 5.74) is 4.14. The smallest absolute Gasteiger partial charge is 0.470 e. The number of carbonyl (C=O) groups is 4. The van der Waals surface area contributed by atoms with E-state index in [4.69, 9.17) is 10.5 Å². The molecule has 1 fully saturated rings. The lowest BCUT2D eigenvalue weighted by Crippen LogP contribution is -2.46. The number of amides is 2. The number of unbranched alkanes of at least 4 members (excludes halogenated alkanes) is 12. The Morgan fingerprint density at radius 3 is 2.12 bits per heavy atom. The summed E-state index contributed by atoms with van der Waals surface area (Å²) < 4.78 is 61.4. The third-order valence-corrected chi connectivity index (χ3v) is 14.6. The lowest BCUT2D eigenvalue weighted by molar-refractivity contribution is -0.247. The van der Waals surface area contributed by atoms with Gasteiger partial charge in [-0.15, -0.1) is 0 Å². The number of fused-ring (bicyclic) bond motifs is 1. The summed E-state index contributed by atoms with van der Waals surface area (Å²) in [6, 6.07) is 0. The van der Waals surface area contributed by atoms with Gasteiger partial charge in [-0.05, 0) is 6.42 Å². The van der Waals surface area contributed by atoms with Crippen molar-refractivity contribution in [3.05, 3.63) is 12.7 Å². The average molecular weight is 1050 g/mol. The molecule has 2 aromatic heterocycles. The SMILES string of the molecule is CCCCCCCCCCCCCCCC(=O)CC(=O)SCCNC(=O)CCNC(=O)[C@H](O)C(C)(C)COP(=O)([O-])OP(=O)([O-])OC[C@H]1O[C@@H](n2cnc3c(N)ncnc32)[C@H](O)[C@@H]1OP(=O)(O)O. The van der Waals surface area contributed by atoms with Gasteiger partial charge in [0.1, 0.15) is 42.0 Å². The van der Waals surface area contributed by atoms with Crippen LogP contribution in [0.1, 0.15) is 130 Å². The normalized spacial score (nSPS) is 19.9. The van der Waals surface area contributed by atoms with Crippen LogP contribution >= 0.6 is 35.2 Å². The van der Waals surface area contributed by atoms with Crippen molar-refractivity contribution >= 4 is 74.9 Å². The summed E-state index contributed by atoms with van der Waals surface area (Å²) >= 11 is 0.932. The first-order valence-corrected chi connectivity index (χ1v) is 27.9. The van der Waals surface area contributed by atoms with Crippen molar-refractivity contribution in [1.82, 2.24) is 30.2 Å². The predicted molar refractivity (Wildman–Crippen MR) is 243 cm³/mol. The maximum Gasteiger partial charge on any atom is 0.470 e. The molecule has 0 radical (unpaired) electrons. The number of ketones is 1. The molecule has 25 nitrogen and oxygen atoms in total. The minimum atomic E-state index is -5.90. The number of phosphoric acid groups is 3. The molecule has 3 heterocycles. The molecule has 68 heavy (non-hydrogen) atoms. The van der Waals surface area contributed by atoms with Crippen LogP contribution in [0.25, 0.3) is 11.2 Å². The molecule has 0 saturated carbocycles. The number of thioether (sulfide) groups is 1. The number of nitrogens with zero attached hydrogens (tertiary/aromatic N) is 4. The molecule has 388 valence electrons. The van der Waals surface area contributed by atoms with Gasteiger partial charge in [-0.25, -0.2) is 23.8 Å². The summed E-state index contributed by atoms with van der Waals surface area (Å²) in [5.74, 6) is -1.46. The Balaban J connectivity index is 1.31. The minimum absolute atomic E-state index is 0.00583. The zero-order chi connectivity index (χ0) is 50.5. The first kappa shape index (κ1) is 59.5. The van der Waals surface area contributed by atoms with Crippen LogP contribution in [0.3, 0.4) is 0 Å². The van der Waals surface area contributed by atoms with Gasteiger partial charge < -0.3 is 59.9 Å². The van der Waals surface area contributed by atoms with Crippen molar-refractivity contribution in [1.29, 1.82) is 0 Å². The average Bonchev–Trinajstić information content (AvgIpc) is 3.82.